The van der Waals surface area contributed by atoms with Crippen LogP contribution >= 0.6 is 0 Å². The molecular formula is C15H20N2O4. The fraction of sp³-hybridized carbons (Fsp3) is 0.467. The number of aryl methyl sites for hydroxylation is 1. The number of para-hydroxylation sites is 1. The summed E-state index contributed by atoms with van der Waals surface area (Å²) < 4.78 is 5.49. The van der Waals surface area contributed by atoms with Crippen molar-refractivity contribution < 1.29 is 19.4 Å². The molecule has 0 aliphatic carbocycles. The molecule has 3 N–H and O–H groups in total. The van der Waals surface area contributed by atoms with Gasteiger partial charge in [0.05, 0.1) is 19.1 Å². The minimum absolute atomic E-state index is 0.0442. The molecule has 0 bridgehead atoms. The van der Waals surface area contributed by atoms with Gasteiger partial charge in [0.1, 0.15) is 0 Å². The number of hydrogen-bond donors (Lipinski definition) is 3. The zero-order valence-corrected chi connectivity index (χ0v) is 11.8. The number of benzene rings is 1. The van der Waals surface area contributed by atoms with Gasteiger partial charge < -0.3 is 20.5 Å². The summed E-state index contributed by atoms with van der Waals surface area (Å²) in [6, 6.07) is 7.27. The Morgan fingerprint density at radius 1 is 1.38 bits per heavy atom. The van der Waals surface area contributed by atoms with Crippen LogP contribution < -0.4 is 10.6 Å². The van der Waals surface area contributed by atoms with Crippen LogP contribution in [0.15, 0.2) is 24.3 Å². The number of carbonyl (C=O) groups is 2. The molecular weight excluding hydrogens is 272 g/mol. The van der Waals surface area contributed by atoms with Gasteiger partial charge in [-0.25, -0.2) is 0 Å². The van der Waals surface area contributed by atoms with Crippen LogP contribution in [0, 0.1) is 0 Å². The highest BCUT2D eigenvalue weighted by Crippen LogP contribution is 2.17. The van der Waals surface area contributed by atoms with Gasteiger partial charge >= 0.3 is 5.97 Å². The SMILES string of the molecule is O=C(O)CCc1ccccc1NC(=O)CC1CNCCO1. The molecule has 0 radical (unpaired) electrons. The van der Waals surface area contributed by atoms with Crippen molar-refractivity contribution in [1.82, 2.24) is 5.32 Å². The van der Waals surface area contributed by atoms with Crippen LogP contribution in [0.4, 0.5) is 5.69 Å². The number of carboxylic acids is 1. The summed E-state index contributed by atoms with van der Waals surface area (Å²) in [6.07, 6.45) is 0.626. The van der Waals surface area contributed by atoms with Crippen molar-refractivity contribution in [2.75, 3.05) is 25.0 Å². The van der Waals surface area contributed by atoms with Crippen molar-refractivity contribution in [1.29, 1.82) is 0 Å². The van der Waals surface area contributed by atoms with E-state index >= 15 is 0 Å². The van der Waals surface area contributed by atoms with Crippen LogP contribution in [0.2, 0.25) is 0 Å². The quantitative estimate of drug-likeness (QED) is 0.728. The number of rotatable bonds is 6. The number of anilines is 1. The van der Waals surface area contributed by atoms with E-state index in [0.717, 1.165) is 12.1 Å². The third-order valence-corrected chi connectivity index (χ3v) is 3.32. The maximum Gasteiger partial charge on any atom is 0.303 e. The monoisotopic (exact) mass is 292 g/mol. The van der Waals surface area contributed by atoms with Crippen molar-refractivity contribution in [2.24, 2.45) is 0 Å². The Bertz CT molecular complexity index is 498. The standard InChI is InChI=1S/C15H20N2O4/c18-14(9-12-10-16-7-8-21-12)17-13-4-2-1-3-11(13)5-6-15(19)20/h1-4,12,16H,5-10H2,(H,17,18)(H,19,20). The molecule has 1 amide bonds. The van der Waals surface area contributed by atoms with Gasteiger partial charge in [-0.15, -0.1) is 0 Å². The number of nitrogens with one attached hydrogen (secondary N) is 2. The highest BCUT2D eigenvalue weighted by Gasteiger charge is 2.18. The molecule has 6 nitrogen and oxygen atoms in total. The lowest BCUT2D eigenvalue weighted by molar-refractivity contribution is -0.137. The van der Waals surface area contributed by atoms with Gasteiger partial charge in [-0.1, -0.05) is 18.2 Å². The molecule has 1 unspecified atom stereocenters. The molecule has 114 valence electrons. The summed E-state index contributed by atoms with van der Waals surface area (Å²) in [5.41, 5.74) is 1.50. The topological polar surface area (TPSA) is 87.7 Å². The highest BCUT2D eigenvalue weighted by atomic mass is 16.5. The number of amides is 1. The second kappa shape index (κ2) is 7.75. The predicted octanol–water partition coefficient (Wildman–Crippen LogP) is 1.02. The molecule has 1 aliphatic heterocycles. The first kappa shape index (κ1) is 15.5. The molecule has 1 aliphatic rings. The van der Waals surface area contributed by atoms with Gasteiger partial charge in [-0.3, -0.25) is 9.59 Å². The Morgan fingerprint density at radius 2 is 2.19 bits per heavy atom. The second-order valence-electron chi connectivity index (χ2n) is 5.00. The molecule has 2 rings (SSSR count). The maximum atomic E-state index is 12.0. The van der Waals surface area contributed by atoms with E-state index in [4.69, 9.17) is 9.84 Å². The summed E-state index contributed by atoms with van der Waals surface area (Å²) in [4.78, 5) is 22.7. The summed E-state index contributed by atoms with van der Waals surface area (Å²) >= 11 is 0. The Balaban J connectivity index is 1.91. The summed E-state index contributed by atoms with van der Waals surface area (Å²) in [7, 11) is 0. The fourth-order valence-corrected chi connectivity index (χ4v) is 2.26. The lowest BCUT2D eigenvalue weighted by Gasteiger charge is -2.23. The molecule has 21 heavy (non-hydrogen) atoms. The molecule has 1 fully saturated rings. The normalized spacial score (nSPS) is 18.2. The Morgan fingerprint density at radius 3 is 2.90 bits per heavy atom. The van der Waals surface area contributed by atoms with Gasteiger partial charge in [-0.2, -0.15) is 0 Å². The number of hydrogen-bond acceptors (Lipinski definition) is 4. The largest absolute Gasteiger partial charge is 0.481 e. The summed E-state index contributed by atoms with van der Waals surface area (Å²) in [5.74, 6) is -0.968. The third-order valence-electron chi connectivity index (χ3n) is 3.32. The molecule has 0 aromatic heterocycles. The van der Waals surface area contributed by atoms with Gasteiger partial charge in [-0.05, 0) is 18.1 Å². The van der Waals surface area contributed by atoms with Gasteiger partial charge in [0.15, 0.2) is 0 Å². The average Bonchev–Trinajstić information content (AvgIpc) is 2.47. The Labute approximate surface area is 123 Å². The van der Waals surface area contributed by atoms with E-state index in [1.165, 1.54) is 0 Å². The zero-order valence-electron chi connectivity index (χ0n) is 11.8. The zero-order chi connectivity index (χ0) is 15.1. The Hall–Kier alpha value is -1.92. The average molecular weight is 292 g/mol. The van der Waals surface area contributed by atoms with Crippen molar-refractivity contribution >= 4 is 17.6 Å². The molecule has 0 spiro atoms. The first-order valence-corrected chi connectivity index (χ1v) is 7.07. The van der Waals surface area contributed by atoms with E-state index in [0.29, 0.717) is 31.7 Å². The molecule has 1 saturated heterocycles. The first-order chi connectivity index (χ1) is 10.1. The molecule has 1 heterocycles. The number of morpholine rings is 1. The molecule has 1 aromatic rings. The minimum atomic E-state index is -0.849. The smallest absolute Gasteiger partial charge is 0.303 e. The number of aliphatic carboxylic acids is 1. The van der Waals surface area contributed by atoms with Crippen molar-refractivity contribution in [3.63, 3.8) is 0 Å². The van der Waals surface area contributed by atoms with E-state index in [1.54, 1.807) is 6.07 Å². The van der Waals surface area contributed by atoms with Crippen LogP contribution in [0.5, 0.6) is 0 Å². The van der Waals surface area contributed by atoms with E-state index in [-0.39, 0.29) is 18.4 Å². The van der Waals surface area contributed by atoms with Gasteiger partial charge in [0, 0.05) is 25.2 Å². The van der Waals surface area contributed by atoms with E-state index < -0.39 is 5.97 Å². The van der Waals surface area contributed by atoms with Crippen LogP contribution in [0.25, 0.3) is 0 Å². The molecule has 1 aromatic carbocycles. The highest BCUT2D eigenvalue weighted by molar-refractivity contribution is 5.91. The number of carbonyl (C=O) groups excluding carboxylic acids is 1. The van der Waals surface area contributed by atoms with E-state index in [9.17, 15) is 9.59 Å². The lowest BCUT2D eigenvalue weighted by atomic mass is 10.1. The third kappa shape index (κ3) is 5.17. The predicted molar refractivity (Wildman–Crippen MR) is 78.3 cm³/mol. The lowest BCUT2D eigenvalue weighted by Crippen LogP contribution is -2.40. The van der Waals surface area contributed by atoms with E-state index in [1.807, 2.05) is 18.2 Å². The first-order valence-electron chi connectivity index (χ1n) is 7.07. The van der Waals surface area contributed by atoms with Crippen LogP contribution in [-0.2, 0) is 20.7 Å². The summed E-state index contributed by atoms with van der Waals surface area (Å²) in [5, 5.41) is 14.8. The molecule has 6 heteroatoms. The van der Waals surface area contributed by atoms with Crippen molar-refractivity contribution in [2.45, 2.75) is 25.4 Å². The second-order valence-corrected chi connectivity index (χ2v) is 5.00. The molecule has 1 atom stereocenters. The Kier molecular flexibility index (Phi) is 5.71. The van der Waals surface area contributed by atoms with Crippen LogP contribution in [0.1, 0.15) is 18.4 Å². The maximum absolute atomic E-state index is 12.0. The number of carboxylic acid groups (broad SMARTS) is 1. The minimum Gasteiger partial charge on any atom is -0.481 e. The number of ether oxygens (including phenoxy) is 1. The molecule has 0 saturated carbocycles. The van der Waals surface area contributed by atoms with E-state index in [2.05, 4.69) is 10.6 Å². The fourth-order valence-electron chi connectivity index (χ4n) is 2.26. The van der Waals surface area contributed by atoms with Gasteiger partial charge in [0.2, 0.25) is 5.91 Å². The van der Waals surface area contributed by atoms with Crippen LogP contribution in [-0.4, -0.2) is 42.8 Å². The van der Waals surface area contributed by atoms with Crippen molar-refractivity contribution in [3.05, 3.63) is 29.8 Å². The summed E-state index contributed by atoms with van der Waals surface area (Å²) in [6.45, 7) is 2.11. The van der Waals surface area contributed by atoms with Crippen LogP contribution in [0.3, 0.4) is 0 Å². The van der Waals surface area contributed by atoms with Crippen molar-refractivity contribution in [3.8, 4) is 0 Å². The van der Waals surface area contributed by atoms with Gasteiger partial charge in [0.25, 0.3) is 0 Å².